The van der Waals surface area contributed by atoms with Gasteiger partial charge in [0.1, 0.15) is 0 Å². The third-order valence-corrected chi connectivity index (χ3v) is 3.34. The summed E-state index contributed by atoms with van der Waals surface area (Å²) < 4.78 is 0.737. The molecule has 3 nitrogen and oxygen atoms in total. The van der Waals surface area contributed by atoms with Crippen molar-refractivity contribution in [1.82, 2.24) is 5.43 Å². The molecule has 1 heterocycles. The fraction of sp³-hybridized carbons (Fsp3) is 0. The number of thiocarbonyl (C=S) groups is 1. The van der Waals surface area contributed by atoms with Crippen LogP contribution in [0.3, 0.4) is 0 Å². The van der Waals surface area contributed by atoms with Gasteiger partial charge in [-0.1, -0.05) is 29.8 Å². The predicted octanol–water partition coefficient (Wildman–Crippen LogP) is 3.72. The van der Waals surface area contributed by atoms with Crippen LogP contribution >= 0.6 is 35.2 Å². The van der Waals surface area contributed by atoms with Crippen molar-refractivity contribution in [2.24, 2.45) is 5.10 Å². The Morgan fingerprint density at radius 1 is 1.22 bits per heavy atom. The minimum absolute atomic E-state index is 0.445. The smallest absolute Gasteiger partial charge is 0.191 e. The van der Waals surface area contributed by atoms with Crippen LogP contribution in [0.5, 0.6) is 0 Å². The monoisotopic (exact) mass is 295 g/mol. The Balaban J connectivity index is 1.83. The maximum atomic E-state index is 5.81. The molecule has 0 radical (unpaired) electrons. The maximum absolute atomic E-state index is 5.81. The van der Waals surface area contributed by atoms with Gasteiger partial charge < -0.3 is 5.32 Å². The number of nitrogens with zero attached hydrogens (tertiary/aromatic N) is 1. The summed E-state index contributed by atoms with van der Waals surface area (Å²) in [7, 11) is 0. The molecular weight excluding hydrogens is 286 g/mol. The van der Waals surface area contributed by atoms with Gasteiger partial charge in [0.25, 0.3) is 0 Å². The second-order valence-corrected chi connectivity index (χ2v) is 5.49. The van der Waals surface area contributed by atoms with Gasteiger partial charge in [-0.25, -0.2) is 0 Å². The highest BCUT2D eigenvalue weighted by molar-refractivity contribution is 7.80. The Hall–Kier alpha value is -1.43. The summed E-state index contributed by atoms with van der Waals surface area (Å²) in [5.74, 6) is 0. The second-order valence-electron chi connectivity index (χ2n) is 3.33. The van der Waals surface area contributed by atoms with E-state index in [-0.39, 0.29) is 0 Å². The summed E-state index contributed by atoms with van der Waals surface area (Å²) in [5, 5.41) is 7.49. The van der Waals surface area contributed by atoms with Crippen LogP contribution in [0.4, 0.5) is 5.69 Å². The van der Waals surface area contributed by atoms with E-state index < -0.39 is 0 Å². The first kappa shape index (κ1) is 13.0. The number of hydrogen-bond donors (Lipinski definition) is 2. The highest BCUT2D eigenvalue weighted by Gasteiger charge is 1.95. The molecule has 1 aromatic carbocycles. The minimum Gasteiger partial charge on any atom is -0.331 e. The van der Waals surface area contributed by atoms with Crippen molar-refractivity contribution >= 4 is 52.2 Å². The van der Waals surface area contributed by atoms with Crippen molar-refractivity contribution < 1.29 is 0 Å². The fourth-order valence-corrected chi connectivity index (χ4v) is 2.34. The largest absolute Gasteiger partial charge is 0.331 e. The molecular formula is C12H10ClN3S2. The molecule has 6 heteroatoms. The van der Waals surface area contributed by atoms with Crippen molar-refractivity contribution in [3.63, 3.8) is 0 Å². The lowest BCUT2D eigenvalue weighted by molar-refractivity contribution is 1.05. The van der Waals surface area contributed by atoms with Gasteiger partial charge in [0.15, 0.2) is 5.11 Å². The van der Waals surface area contributed by atoms with E-state index >= 15 is 0 Å². The Kier molecular flexibility index (Phi) is 4.69. The molecule has 0 bridgehead atoms. The average molecular weight is 296 g/mol. The second kappa shape index (κ2) is 6.49. The molecule has 0 atom stereocenters. The Morgan fingerprint density at radius 2 is 2.00 bits per heavy atom. The molecule has 18 heavy (non-hydrogen) atoms. The summed E-state index contributed by atoms with van der Waals surface area (Å²) in [6, 6.07) is 13.4. The van der Waals surface area contributed by atoms with E-state index in [0.717, 1.165) is 14.9 Å². The van der Waals surface area contributed by atoms with E-state index in [9.17, 15) is 0 Å². The van der Waals surface area contributed by atoms with Crippen molar-refractivity contribution in [2.75, 3.05) is 5.32 Å². The average Bonchev–Trinajstić information content (AvgIpc) is 2.76. The van der Waals surface area contributed by atoms with Gasteiger partial charge in [0, 0.05) is 10.6 Å². The van der Waals surface area contributed by atoms with Crippen molar-refractivity contribution in [3.8, 4) is 0 Å². The number of halogens is 1. The molecule has 92 valence electrons. The van der Waals surface area contributed by atoms with Crippen LogP contribution in [-0.4, -0.2) is 11.3 Å². The molecule has 0 aliphatic rings. The summed E-state index contributed by atoms with van der Waals surface area (Å²) >= 11 is 12.4. The third kappa shape index (κ3) is 4.10. The van der Waals surface area contributed by atoms with E-state index in [4.69, 9.17) is 23.8 Å². The molecule has 0 aliphatic heterocycles. The zero-order valence-electron chi connectivity index (χ0n) is 9.26. The van der Waals surface area contributed by atoms with Crippen LogP contribution in [0.1, 0.15) is 4.88 Å². The topological polar surface area (TPSA) is 36.4 Å². The predicted molar refractivity (Wildman–Crippen MR) is 82.7 cm³/mol. The molecule has 0 amide bonds. The van der Waals surface area contributed by atoms with E-state index in [1.165, 1.54) is 11.3 Å². The molecule has 2 N–H and O–H groups in total. The van der Waals surface area contributed by atoms with E-state index in [2.05, 4.69) is 15.8 Å². The van der Waals surface area contributed by atoms with Crippen LogP contribution < -0.4 is 10.7 Å². The lowest BCUT2D eigenvalue weighted by atomic mass is 10.3. The van der Waals surface area contributed by atoms with E-state index in [1.54, 1.807) is 6.21 Å². The highest BCUT2D eigenvalue weighted by Crippen LogP contribution is 2.19. The van der Waals surface area contributed by atoms with Crippen LogP contribution in [0.25, 0.3) is 0 Å². The number of para-hydroxylation sites is 1. The van der Waals surface area contributed by atoms with Gasteiger partial charge >= 0.3 is 0 Å². The van der Waals surface area contributed by atoms with Crippen LogP contribution in [0.15, 0.2) is 47.6 Å². The van der Waals surface area contributed by atoms with Gasteiger partial charge in [-0.3, -0.25) is 5.43 Å². The molecule has 2 rings (SSSR count). The third-order valence-electron chi connectivity index (χ3n) is 1.98. The van der Waals surface area contributed by atoms with Crippen LogP contribution in [0.2, 0.25) is 4.34 Å². The van der Waals surface area contributed by atoms with Crippen LogP contribution in [0, 0.1) is 0 Å². The van der Waals surface area contributed by atoms with Crippen molar-refractivity contribution in [1.29, 1.82) is 0 Å². The van der Waals surface area contributed by atoms with Gasteiger partial charge in [0.2, 0.25) is 0 Å². The van der Waals surface area contributed by atoms with Gasteiger partial charge in [0.05, 0.1) is 10.6 Å². The van der Waals surface area contributed by atoms with Crippen molar-refractivity contribution in [2.45, 2.75) is 0 Å². The normalized spacial score (nSPS) is 10.5. The number of thiophene rings is 1. The highest BCUT2D eigenvalue weighted by atomic mass is 35.5. The molecule has 1 aromatic heterocycles. The Morgan fingerprint density at radius 3 is 2.67 bits per heavy atom. The lowest BCUT2D eigenvalue weighted by Crippen LogP contribution is -2.23. The summed E-state index contributed by atoms with van der Waals surface area (Å²) in [6.45, 7) is 0. The van der Waals surface area contributed by atoms with E-state index in [1.807, 2.05) is 42.5 Å². The van der Waals surface area contributed by atoms with Gasteiger partial charge in [-0.05, 0) is 36.5 Å². The number of anilines is 1. The molecule has 0 unspecified atom stereocenters. The minimum atomic E-state index is 0.445. The van der Waals surface area contributed by atoms with Crippen molar-refractivity contribution in [3.05, 3.63) is 51.7 Å². The summed E-state index contributed by atoms with van der Waals surface area (Å²) in [6.07, 6.45) is 1.68. The van der Waals surface area contributed by atoms with Gasteiger partial charge in [-0.15, -0.1) is 11.3 Å². The number of nitrogens with one attached hydrogen (secondary N) is 2. The van der Waals surface area contributed by atoms with Gasteiger partial charge in [-0.2, -0.15) is 5.10 Å². The fourth-order valence-electron chi connectivity index (χ4n) is 1.23. The zero-order chi connectivity index (χ0) is 12.8. The molecule has 0 aliphatic carbocycles. The first-order chi connectivity index (χ1) is 8.74. The molecule has 0 saturated heterocycles. The Bertz CT molecular complexity index is 551. The first-order valence-electron chi connectivity index (χ1n) is 5.14. The number of hydrazone groups is 1. The number of hydrogen-bond acceptors (Lipinski definition) is 3. The molecule has 2 aromatic rings. The lowest BCUT2D eigenvalue weighted by Gasteiger charge is -2.05. The number of benzene rings is 1. The summed E-state index contributed by atoms with van der Waals surface area (Å²) in [4.78, 5) is 0.968. The molecule has 0 saturated carbocycles. The quantitative estimate of drug-likeness (QED) is 0.515. The molecule has 0 fully saturated rings. The SMILES string of the molecule is S=C(N/N=C/c1ccc(Cl)s1)Nc1ccccc1. The van der Waals surface area contributed by atoms with Crippen LogP contribution in [-0.2, 0) is 0 Å². The molecule has 0 spiro atoms. The zero-order valence-corrected chi connectivity index (χ0v) is 11.6. The first-order valence-corrected chi connectivity index (χ1v) is 6.75. The standard InChI is InChI=1S/C12H10ClN3S2/c13-11-7-6-10(18-11)8-14-16-12(17)15-9-4-2-1-3-5-9/h1-8H,(H2,15,16,17)/b14-8+. The number of rotatable bonds is 3. The maximum Gasteiger partial charge on any atom is 0.191 e. The van der Waals surface area contributed by atoms with E-state index in [0.29, 0.717) is 5.11 Å². The summed E-state index contributed by atoms with van der Waals surface area (Å²) in [5.41, 5.74) is 3.66. The Labute approximate surface area is 119 Å².